The van der Waals surface area contributed by atoms with Crippen LogP contribution in [0.1, 0.15) is 23.5 Å². The van der Waals surface area contributed by atoms with Crippen LogP contribution in [0.4, 0.5) is 0 Å². The second-order valence-corrected chi connectivity index (χ2v) is 5.15. The van der Waals surface area contributed by atoms with E-state index in [1.165, 1.54) is 25.1 Å². The monoisotopic (exact) mass is 230 g/mol. The van der Waals surface area contributed by atoms with Gasteiger partial charge in [0.05, 0.1) is 10.7 Å². The van der Waals surface area contributed by atoms with Gasteiger partial charge in [-0.05, 0) is 26.3 Å². The van der Waals surface area contributed by atoms with E-state index in [1.54, 1.807) is 11.3 Å². The second kappa shape index (κ2) is 4.60. The number of thiazole rings is 1. The fraction of sp³-hybridized carbons (Fsp3) is 0.700. The number of hydrogen-bond acceptors (Lipinski definition) is 3. The Balaban J connectivity index is 1.96. The van der Waals surface area contributed by atoms with Crippen LogP contribution in [0.5, 0.6) is 0 Å². The third-order valence-electron chi connectivity index (χ3n) is 2.71. The highest BCUT2D eigenvalue weighted by atomic mass is 35.5. The molecule has 0 aromatic carbocycles. The lowest BCUT2D eigenvalue weighted by Crippen LogP contribution is -2.30. The smallest absolute Gasteiger partial charge is 0.0897 e. The summed E-state index contributed by atoms with van der Waals surface area (Å²) in [4.78, 5) is 6.92. The average Bonchev–Trinajstić information content (AvgIpc) is 2.76. The molecule has 0 saturated carbocycles. The first-order chi connectivity index (χ1) is 6.79. The molecule has 0 spiro atoms. The number of aromatic nitrogens is 1. The van der Waals surface area contributed by atoms with Crippen molar-refractivity contribution in [1.29, 1.82) is 0 Å². The maximum atomic E-state index is 5.91. The van der Waals surface area contributed by atoms with E-state index in [9.17, 15) is 0 Å². The first-order valence-corrected chi connectivity index (χ1v) is 6.42. The molecule has 78 valence electrons. The zero-order valence-electron chi connectivity index (χ0n) is 8.37. The van der Waals surface area contributed by atoms with E-state index >= 15 is 0 Å². The minimum atomic E-state index is 0.568. The lowest BCUT2D eigenvalue weighted by atomic mass is 10.2. The Morgan fingerprint density at radius 2 is 2.57 bits per heavy atom. The van der Waals surface area contributed by atoms with E-state index in [4.69, 9.17) is 11.6 Å². The third kappa shape index (κ3) is 2.27. The highest BCUT2D eigenvalue weighted by Crippen LogP contribution is 2.21. The molecule has 0 bridgehead atoms. The predicted molar refractivity (Wildman–Crippen MR) is 61.0 cm³/mol. The van der Waals surface area contributed by atoms with Crippen molar-refractivity contribution >= 4 is 22.9 Å². The predicted octanol–water partition coefficient (Wildman–Crippen LogP) is 2.65. The number of alkyl halides is 1. The van der Waals surface area contributed by atoms with Gasteiger partial charge in [-0.25, -0.2) is 4.98 Å². The molecule has 2 rings (SSSR count). The molecule has 1 aliphatic heterocycles. The Morgan fingerprint density at radius 1 is 1.71 bits per heavy atom. The average molecular weight is 231 g/mol. The molecule has 4 heteroatoms. The van der Waals surface area contributed by atoms with Gasteiger partial charge in [-0.2, -0.15) is 0 Å². The Labute approximate surface area is 93.9 Å². The summed E-state index contributed by atoms with van der Waals surface area (Å²) in [5, 5.41) is 3.31. The van der Waals surface area contributed by atoms with Gasteiger partial charge in [0.15, 0.2) is 0 Å². The molecule has 0 amide bonds. The molecule has 2 heterocycles. The summed E-state index contributed by atoms with van der Waals surface area (Å²) in [6.07, 6.45) is 2.52. The second-order valence-electron chi connectivity index (χ2n) is 3.78. The summed E-state index contributed by atoms with van der Waals surface area (Å²) in [6.45, 7) is 4.20. The molecule has 1 atom stereocenters. The Bertz CT molecular complexity index is 300. The minimum Gasteiger partial charge on any atom is -0.293 e. The van der Waals surface area contributed by atoms with Crippen LogP contribution in [0.3, 0.4) is 0 Å². The number of likely N-dealkylation sites (tertiary alicyclic amines) is 1. The van der Waals surface area contributed by atoms with Crippen LogP contribution in [0.25, 0.3) is 0 Å². The Hall–Kier alpha value is -0.120. The van der Waals surface area contributed by atoms with Crippen molar-refractivity contribution in [2.24, 2.45) is 0 Å². The largest absolute Gasteiger partial charge is 0.293 e. The van der Waals surface area contributed by atoms with E-state index in [2.05, 4.69) is 22.2 Å². The lowest BCUT2D eigenvalue weighted by Gasteiger charge is -2.21. The van der Waals surface area contributed by atoms with E-state index in [0.29, 0.717) is 6.04 Å². The van der Waals surface area contributed by atoms with Crippen LogP contribution in [0, 0.1) is 6.92 Å². The van der Waals surface area contributed by atoms with E-state index < -0.39 is 0 Å². The molecule has 0 aliphatic carbocycles. The standard InChI is InChI=1S/C10H15ClN2S/c1-8-12-9(7-14-8)6-13-4-2-3-10(13)5-11/h7,10H,2-6H2,1H3. The van der Waals surface area contributed by atoms with Gasteiger partial charge < -0.3 is 0 Å². The minimum absolute atomic E-state index is 0.568. The Kier molecular flexibility index (Phi) is 3.42. The van der Waals surface area contributed by atoms with Crippen molar-refractivity contribution in [3.05, 3.63) is 16.1 Å². The quantitative estimate of drug-likeness (QED) is 0.743. The molecule has 1 fully saturated rings. The number of aryl methyl sites for hydroxylation is 1. The van der Waals surface area contributed by atoms with Gasteiger partial charge in [0.1, 0.15) is 0 Å². The number of hydrogen-bond donors (Lipinski definition) is 0. The molecular formula is C10H15ClN2S. The van der Waals surface area contributed by atoms with Gasteiger partial charge in [-0.1, -0.05) is 0 Å². The zero-order chi connectivity index (χ0) is 9.97. The number of nitrogens with zero attached hydrogens (tertiary/aromatic N) is 2. The zero-order valence-corrected chi connectivity index (χ0v) is 9.94. The first kappa shape index (κ1) is 10.4. The fourth-order valence-electron chi connectivity index (χ4n) is 1.97. The van der Waals surface area contributed by atoms with E-state index in [1.807, 2.05) is 0 Å². The van der Waals surface area contributed by atoms with Gasteiger partial charge in [-0.15, -0.1) is 22.9 Å². The van der Waals surface area contributed by atoms with Crippen molar-refractivity contribution in [1.82, 2.24) is 9.88 Å². The van der Waals surface area contributed by atoms with Crippen molar-refractivity contribution in [2.75, 3.05) is 12.4 Å². The molecule has 0 N–H and O–H groups in total. The summed E-state index contributed by atoms with van der Waals surface area (Å²) in [7, 11) is 0. The number of halogens is 1. The molecule has 1 aromatic heterocycles. The van der Waals surface area contributed by atoms with Crippen LogP contribution in [-0.4, -0.2) is 28.4 Å². The lowest BCUT2D eigenvalue weighted by molar-refractivity contribution is 0.260. The van der Waals surface area contributed by atoms with Gasteiger partial charge in [-0.3, -0.25) is 4.90 Å². The SMILES string of the molecule is Cc1nc(CN2CCCC2CCl)cs1. The summed E-state index contributed by atoms with van der Waals surface area (Å²) < 4.78 is 0. The summed E-state index contributed by atoms with van der Waals surface area (Å²) >= 11 is 7.64. The van der Waals surface area contributed by atoms with Crippen molar-refractivity contribution < 1.29 is 0 Å². The number of rotatable bonds is 3. The summed E-state index contributed by atoms with van der Waals surface area (Å²) in [5.74, 6) is 0.753. The summed E-state index contributed by atoms with van der Waals surface area (Å²) in [5.41, 5.74) is 1.20. The van der Waals surface area contributed by atoms with Crippen molar-refractivity contribution in [2.45, 2.75) is 32.4 Å². The van der Waals surface area contributed by atoms with Gasteiger partial charge in [0.25, 0.3) is 0 Å². The van der Waals surface area contributed by atoms with Gasteiger partial charge in [0, 0.05) is 23.8 Å². The molecule has 14 heavy (non-hydrogen) atoms. The molecule has 2 nitrogen and oxygen atoms in total. The van der Waals surface area contributed by atoms with Crippen LogP contribution in [0.2, 0.25) is 0 Å². The van der Waals surface area contributed by atoms with Gasteiger partial charge in [0.2, 0.25) is 0 Å². The van der Waals surface area contributed by atoms with Crippen LogP contribution < -0.4 is 0 Å². The molecular weight excluding hydrogens is 216 g/mol. The topological polar surface area (TPSA) is 16.1 Å². The molecule has 0 radical (unpaired) electrons. The Morgan fingerprint density at radius 3 is 3.21 bits per heavy atom. The van der Waals surface area contributed by atoms with E-state index in [0.717, 1.165) is 17.4 Å². The third-order valence-corrected chi connectivity index (χ3v) is 3.89. The normalized spacial score (nSPS) is 23.1. The van der Waals surface area contributed by atoms with Gasteiger partial charge >= 0.3 is 0 Å². The summed E-state index contributed by atoms with van der Waals surface area (Å²) in [6, 6.07) is 0.568. The van der Waals surface area contributed by atoms with Crippen molar-refractivity contribution in [3.8, 4) is 0 Å². The van der Waals surface area contributed by atoms with Crippen LogP contribution in [0.15, 0.2) is 5.38 Å². The highest BCUT2D eigenvalue weighted by Gasteiger charge is 2.23. The molecule has 1 aliphatic rings. The molecule has 1 aromatic rings. The maximum Gasteiger partial charge on any atom is 0.0897 e. The van der Waals surface area contributed by atoms with Crippen molar-refractivity contribution in [3.63, 3.8) is 0 Å². The van der Waals surface area contributed by atoms with E-state index in [-0.39, 0.29) is 0 Å². The molecule has 1 saturated heterocycles. The highest BCUT2D eigenvalue weighted by molar-refractivity contribution is 7.09. The first-order valence-electron chi connectivity index (χ1n) is 5.00. The fourth-order valence-corrected chi connectivity index (χ4v) is 2.92. The maximum absolute atomic E-state index is 5.91. The van der Waals surface area contributed by atoms with Crippen LogP contribution >= 0.6 is 22.9 Å². The molecule has 1 unspecified atom stereocenters. The van der Waals surface area contributed by atoms with Crippen LogP contribution in [-0.2, 0) is 6.54 Å².